The number of aromatic nitrogens is 2. The maximum atomic E-state index is 12.3. The van der Waals surface area contributed by atoms with Gasteiger partial charge in [-0.2, -0.15) is 17.7 Å². The van der Waals surface area contributed by atoms with Crippen LogP contribution in [0.2, 0.25) is 0 Å². The van der Waals surface area contributed by atoms with Crippen LogP contribution < -0.4 is 5.32 Å². The number of hydrogen-bond acceptors (Lipinski definition) is 7. The van der Waals surface area contributed by atoms with Gasteiger partial charge in [0.2, 0.25) is 5.91 Å². The average Bonchev–Trinajstić information content (AvgIpc) is 2.78. The molecule has 0 spiro atoms. The molecule has 1 aromatic rings. The van der Waals surface area contributed by atoms with Crippen LogP contribution in [0.15, 0.2) is 0 Å². The van der Waals surface area contributed by atoms with Crippen LogP contribution in [0.3, 0.4) is 0 Å². The molecule has 0 aliphatic carbocycles. The van der Waals surface area contributed by atoms with Crippen LogP contribution in [-0.2, 0) is 14.3 Å². The summed E-state index contributed by atoms with van der Waals surface area (Å²) in [6.45, 7) is 6.41. The van der Waals surface area contributed by atoms with E-state index in [4.69, 9.17) is 4.74 Å². The zero-order valence-electron chi connectivity index (χ0n) is 13.4. The van der Waals surface area contributed by atoms with Gasteiger partial charge in [-0.15, -0.1) is 0 Å². The summed E-state index contributed by atoms with van der Waals surface area (Å²) in [4.78, 5) is 34.4. The molecule has 0 radical (unpaired) electrons. The van der Waals surface area contributed by atoms with Crippen LogP contribution in [0.4, 0.5) is 5.69 Å². The number of ether oxygens (including phenoxy) is 1. The largest absolute Gasteiger partial charge is 0.464 e. The Morgan fingerprint density at radius 1 is 1.48 bits per heavy atom. The van der Waals surface area contributed by atoms with E-state index in [9.17, 15) is 19.7 Å². The molecule has 0 bridgehead atoms. The molecule has 1 aromatic heterocycles. The smallest absolute Gasteiger partial charge is 0.329 e. The lowest BCUT2D eigenvalue weighted by Gasteiger charge is -2.19. The first-order valence-electron chi connectivity index (χ1n) is 7.02. The van der Waals surface area contributed by atoms with E-state index in [1.807, 2.05) is 0 Å². The maximum Gasteiger partial charge on any atom is 0.329 e. The fourth-order valence-corrected chi connectivity index (χ4v) is 2.36. The number of amides is 1. The topological polar surface area (TPSA) is 116 Å². The van der Waals surface area contributed by atoms with Crippen molar-refractivity contribution in [3.05, 3.63) is 21.5 Å². The van der Waals surface area contributed by atoms with E-state index >= 15 is 0 Å². The van der Waals surface area contributed by atoms with Crippen molar-refractivity contribution >= 4 is 30.2 Å². The lowest BCUT2D eigenvalue weighted by Crippen LogP contribution is -2.45. The zero-order chi connectivity index (χ0) is 17.7. The highest BCUT2D eigenvalue weighted by atomic mass is 32.1. The Bertz CT molecular complexity index is 616. The van der Waals surface area contributed by atoms with Crippen molar-refractivity contribution in [1.29, 1.82) is 0 Å². The first kappa shape index (κ1) is 18.9. The van der Waals surface area contributed by atoms with Gasteiger partial charge in [0.05, 0.1) is 11.5 Å². The lowest BCUT2D eigenvalue weighted by atomic mass is 10.2. The third-order valence-corrected chi connectivity index (χ3v) is 3.65. The number of thiol groups is 1. The molecule has 0 aliphatic heterocycles. The number of nitrogens with one attached hydrogen (secondary N) is 1. The Morgan fingerprint density at radius 3 is 2.52 bits per heavy atom. The summed E-state index contributed by atoms with van der Waals surface area (Å²) < 4.78 is 6.11. The number of aryl methyl sites for hydroxylation is 1. The molecule has 0 saturated carbocycles. The second-order valence-electron chi connectivity index (χ2n) is 4.89. The normalized spacial score (nSPS) is 13.3. The second-order valence-corrected chi connectivity index (χ2v) is 5.26. The minimum atomic E-state index is -0.889. The van der Waals surface area contributed by atoms with Crippen LogP contribution in [0.1, 0.15) is 31.3 Å². The predicted molar refractivity (Wildman–Crippen MR) is 85.5 cm³/mol. The molecule has 0 fully saturated rings. The van der Waals surface area contributed by atoms with Crippen LogP contribution in [0.25, 0.3) is 0 Å². The summed E-state index contributed by atoms with van der Waals surface area (Å²) in [6.07, 6.45) is 0. The Hall–Kier alpha value is -2.10. The molecule has 0 aromatic carbocycles. The van der Waals surface area contributed by atoms with E-state index in [0.29, 0.717) is 0 Å². The summed E-state index contributed by atoms with van der Waals surface area (Å²) in [5.74, 6) is -1.01. The standard InChI is InChI=1S/C13H20N4O5S/c1-5-22-13(19)10(6-23)14-12(18)9(4)16-8(3)11(17(20)21)7(2)15-16/h9-10,23H,5-6H2,1-4H3,(H,14,18)/t9?,10-/m0/s1. The van der Waals surface area contributed by atoms with Crippen LogP contribution in [0, 0.1) is 24.0 Å². The lowest BCUT2D eigenvalue weighted by molar-refractivity contribution is -0.386. The van der Waals surface area contributed by atoms with Crippen molar-refractivity contribution in [2.75, 3.05) is 12.4 Å². The highest BCUT2D eigenvalue weighted by Gasteiger charge is 2.29. The first-order chi connectivity index (χ1) is 10.7. The minimum absolute atomic E-state index is 0.0779. The second kappa shape index (κ2) is 7.95. The van der Waals surface area contributed by atoms with Gasteiger partial charge in [-0.05, 0) is 27.7 Å². The van der Waals surface area contributed by atoms with Gasteiger partial charge in [0.1, 0.15) is 23.5 Å². The quantitative estimate of drug-likeness (QED) is 0.329. The van der Waals surface area contributed by atoms with Gasteiger partial charge in [0, 0.05) is 5.75 Å². The monoisotopic (exact) mass is 344 g/mol. The highest BCUT2D eigenvalue weighted by molar-refractivity contribution is 7.80. The summed E-state index contributed by atoms with van der Waals surface area (Å²) in [6, 6.07) is -1.71. The van der Waals surface area contributed by atoms with Crippen molar-refractivity contribution in [3.8, 4) is 0 Å². The molecule has 1 rings (SSSR count). The van der Waals surface area contributed by atoms with Gasteiger partial charge in [0.25, 0.3) is 0 Å². The van der Waals surface area contributed by atoms with Crippen molar-refractivity contribution in [2.24, 2.45) is 0 Å². The number of rotatable bonds is 7. The van der Waals surface area contributed by atoms with Crippen molar-refractivity contribution in [1.82, 2.24) is 15.1 Å². The molecule has 1 amide bonds. The highest BCUT2D eigenvalue weighted by Crippen LogP contribution is 2.24. The molecule has 1 unspecified atom stereocenters. The molecule has 9 nitrogen and oxygen atoms in total. The summed E-state index contributed by atoms with van der Waals surface area (Å²) in [5.41, 5.74) is 0.373. The molecule has 0 aliphatic rings. The molecular weight excluding hydrogens is 324 g/mol. The zero-order valence-corrected chi connectivity index (χ0v) is 14.3. The molecular formula is C13H20N4O5S. The van der Waals surface area contributed by atoms with Gasteiger partial charge in [-0.25, -0.2) is 4.79 Å². The van der Waals surface area contributed by atoms with Crippen molar-refractivity contribution < 1.29 is 19.2 Å². The van der Waals surface area contributed by atoms with Gasteiger partial charge in [0.15, 0.2) is 0 Å². The van der Waals surface area contributed by atoms with Gasteiger partial charge < -0.3 is 10.1 Å². The van der Waals surface area contributed by atoms with Gasteiger partial charge in [-0.1, -0.05) is 0 Å². The fourth-order valence-electron chi connectivity index (χ4n) is 2.12. The number of carbonyl (C=O) groups excluding carboxylic acids is 2. The minimum Gasteiger partial charge on any atom is -0.464 e. The van der Waals surface area contributed by atoms with E-state index in [1.54, 1.807) is 13.8 Å². The SMILES string of the molecule is CCOC(=O)[C@H](CS)NC(=O)C(C)n1nc(C)c([N+](=O)[O-])c1C. The summed E-state index contributed by atoms with van der Waals surface area (Å²) in [5, 5.41) is 17.6. The summed E-state index contributed by atoms with van der Waals surface area (Å²) >= 11 is 4.02. The van der Waals surface area contributed by atoms with E-state index in [2.05, 4.69) is 23.0 Å². The van der Waals surface area contributed by atoms with E-state index in [1.165, 1.54) is 18.5 Å². The Morgan fingerprint density at radius 2 is 2.09 bits per heavy atom. The Labute approximate surface area is 138 Å². The van der Waals surface area contributed by atoms with Crippen LogP contribution >= 0.6 is 12.6 Å². The van der Waals surface area contributed by atoms with Crippen molar-refractivity contribution in [2.45, 2.75) is 39.8 Å². The molecule has 1 heterocycles. The van der Waals surface area contributed by atoms with Crippen molar-refractivity contribution in [3.63, 3.8) is 0 Å². The molecule has 128 valence electrons. The van der Waals surface area contributed by atoms with Crippen LogP contribution in [-0.4, -0.2) is 45.0 Å². The number of nitrogens with zero attached hydrogens (tertiary/aromatic N) is 3. The first-order valence-corrected chi connectivity index (χ1v) is 7.65. The molecule has 2 atom stereocenters. The Balaban J connectivity index is 2.95. The molecule has 1 N–H and O–H groups in total. The number of nitro groups is 1. The fraction of sp³-hybridized carbons (Fsp3) is 0.615. The number of hydrogen-bond donors (Lipinski definition) is 2. The van der Waals surface area contributed by atoms with E-state index in [0.717, 1.165) is 0 Å². The van der Waals surface area contributed by atoms with Gasteiger partial charge in [-0.3, -0.25) is 19.6 Å². The average molecular weight is 344 g/mol. The predicted octanol–water partition coefficient (Wildman–Crippen LogP) is 0.947. The van der Waals surface area contributed by atoms with Gasteiger partial charge >= 0.3 is 11.7 Å². The van der Waals surface area contributed by atoms with E-state index < -0.39 is 28.9 Å². The Kier molecular flexibility index (Phi) is 6.55. The van der Waals surface area contributed by atoms with Crippen LogP contribution in [0.5, 0.6) is 0 Å². The molecule has 0 saturated heterocycles. The number of esters is 1. The molecule has 23 heavy (non-hydrogen) atoms. The third-order valence-electron chi connectivity index (χ3n) is 3.29. The summed E-state index contributed by atoms with van der Waals surface area (Å²) in [7, 11) is 0. The van der Waals surface area contributed by atoms with E-state index in [-0.39, 0.29) is 29.4 Å². The third kappa shape index (κ3) is 4.21. The number of carbonyl (C=O) groups is 2. The molecule has 10 heteroatoms. The maximum absolute atomic E-state index is 12.3.